The van der Waals surface area contributed by atoms with E-state index in [0.717, 1.165) is 12.8 Å². The minimum atomic E-state index is -0.160. The van der Waals surface area contributed by atoms with Crippen molar-refractivity contribution in [1.82, 2.24) is 16.0 Å². The van der Waals surface area contributed by atoms with Crippen LogP contribution in [0.2, 0.25) is 0 Å². The minimum absolute atomic E-state index is 0.0317. The molecule has 2 rings (SSSR count). The highest BCUT2D eigenvalue weighted by Gasteiger charge is 2.15. The largest absolute Gasteiger partial charge is 0.355 e. The third-order valence-corrected chi connectivity index (χ3v) is 4.55. The average Bonchev–Trinajstić information content (AvgIpc) is 2.61. The number of hydrogen-bond donors (Lipinski definition) is 3. The monoisotopic (exact) mass is 331 g/mol. The molecule has 24 heavy (non-hydrogen) atoms. The number of rotatable bonds is 7. The smallest absolute Gasteiger partial charge is 0.315 e. The maximum Gasteiger partial charge on any atom is 0.315 e. The van der Waals surface area contributed by atoms with Crippen LogP contribution in [0, 0.1) is 0 Å². The molecule has 1 fully saturated rings. The number of carbonyl (C=O) groups is 2. The quantitative estimate of drug-likeness (QED) is 0.719. The van der Waals surface area contributed by atoms with Crippen LogP contribution in [0.1, 0.15) is 56.9 Å². The highest BCUT2D eigenvalue weighted by molar-refractivity contribution is 5.78. The third-order valence-electron chi connectivity index (χ3n) is 4.55. The molecule has 0 heterocycles. The second kappa shape index (κ2) is 9.96. The van der Waals surface area contributed by atoms with Crippen LogP contribution in [-0.4, -0.2) is 31.1 Å². The molecule has 0 spiro atoms. The summed E-state index contributed by atoms with van der Waals surface area (Å²) in [5.41, 5.74) is 1.21. The fourth-order valence-electron chi connectivity index (χ4n) is 3.03. The molecule has 1 aromatic carbocycles. The normalized spacial score (nSPS) is 16.2. The lowest BCUT2D eigenvalue weighted by atomic mass is 9.96. The molecule has 3 N–H and O–H groups in total. The molecule has 0 aliphatic heterocycles. The van der Waals surface area contributed by atoms with E-state index in [2.05, 4.69) is 35.0 Å². The lowest BCUT2D eigenvalue weighted by Crippen LogP contribution is -2.44. The van der Waals surface area contributed by atoms with Crippen molar-refractivity contribution in [3.8, 4) is 0 Å². The Kier molecular flexibility index (Phi) is 7.59. The van der Waals surface area contributed by atoms with Crippen LogP contribution >= 0.6 is 0 Å². The van der Waals surface area contributed by atoms with Crippen LogP contribution in [-0.2, 0) is 4.79 Å². The molecule has 0 radical (unpaired) electrons. The van der Waals surface area contributed by atoms with E-state index in [1.165, 1.54) is 24.8 Å². The van der Waals surface area contributed by atoms with Crippen molar-refractivity contribution in [2.24, 2.45) is 0 Å². The zero-order valence-electron chi connectivity index (χ0n) is 14.5. The summed E-state index contributed by atoms with van der Waals surface area (Å²) in [5.74, 6) is 0.244. The van der Waals surface area contributed by atoms with Crippen molar-refractivity contribution in [3.63, 3.8) is 0 Å². The molecule has 1 saturated carbocycles. The van der Waals surface area contributed by atoms with Gasteiger partial charge in [-0.15, -0.1) is 0 Å². The van der Waals surface area contributed by atoms with Gasteiger partial charge < -0.3 is 16.0 Å². The fourth-order valence-corrected chi connectivity index (χ4v) is 3.03. The van der Waals surface area contributed by atoms with Gasteiger partial charge in [0.15, 0.2) is 0 Å². The summed E-state index contributed by atoms with van der Waals surface area (Å²) in [6, 6.07) is 10.2. The zero-order chi connectivity index (χ0) is 17.2. The van der Waals surface area contributed by atoms with E-state index in [1.54, 1.807) is 0 Å². The Labute approximate surface area is 144 Å². The van der Waals surface area contributed by atoms with Crippen LogP contribution in [0.4, 0.5) is 4.79 Å². The molecule has 5 nitrogen and oxygen atoms in total. The zero-order valence-corrected chi connectivity index (χ0v) is 14.5. The van der Waals surface area contributed by atoms with Crippen molar-refractivity contribution < 1.29 is 9.59 Å². The molecule has 0 saturated heterocycles. The molecule has 5 heteroatoms. The second-order valence-corrected chi connectivity index (χ2v) is 6.60. The SMILES string of the molecule is CC(CNC(=O)CCNC(=O)NC1CCCCC1)c1ccccc1. The van der Waals surface area contributed by atoms with E-state index < -0.39 is 0 Å². The van der Waals surface area contributed by atoms with Crippen LogP contribution in [0.3, 0.4) is 0 Å². The molecule has 1 aliphatic carbocycles. The predicted octanol–water partition coefficient (Wildman–Crippen LogP) is 2.93. The van der Waals surface area contributed by atoms with E-state index in [9.17, 15) is 9.59 Å². The molecule has 1 unspecified atom stereocenters. The molecule has 1 aromatic rings. The van der Waals surface area contributed by atoms with Crippen LogP contribution < -0.4 is 16.0 Å². The minimum Gasteiger partial charge on any atom is -0.355 e. The first-order valence-corrected chi connectivity index (χ1v) is 9.01. The summed E-state index contributed by atoms with van der Waals surface area (Å²) >= 11 is 0. The Balaban J connectivity index is 1.56. The Morgan fingerprint density at radius 2 is 1.79 bits per heavy atom. The van der Waals surface area contributed by atoms with Gasteiger partial charge in [-0.1, -0.05) is 56.5 Å². The molecular formula is C19H29N3O2. The fraction of sp³-hybridized carbons (Fsp3) is 0.579. The van der Waals surface area contributed by atoms with E-state index in [0.29, 0.717) is 25.6 Å². The Hall–Kier alpha value is -2.04. The van der Waals surface area contributed by atoms with Gasteiger partial charge >= 0.3 is 6.03 Å². The van der Waals surface area contributed by atoms with E-state index in [4.69, 9.17) is 0 Å². The van der Waals surface area contributed by atoms with E-state index in [1.807, 2.05) is 18.2 Å². The first-order valence-electron chi connectivity index (χ1n) is 9.01. The first kappa shape index (κ1) is 18.3. The summed E-state index contributed by atoms with van der Waals surface area (Å²) in [6.07, 6.45) is 6.07. The van der Waals surface area contributed by atoms with Gasteiger partial charge in [0.1, 0.15) is 0 Å². The summed E-state index contributed by atoms with van der Waals surface area (Å²) in [5, 5.41) is 8.68. The average molecular weight is 331 g/mol. The van der Waals surface area contributed by atoms with Crippen LogP contribution in [0.5, 0.6) is 0 Å². The summed E-state index contributed by atoms with van der Waals surface area (Å²) in [7, 11) is 0. The van der Waals surface area contributed by atoms with E-state index >= 15 is 0 Å². The molecule has 0 bridgehead atoms. The number of hydrogen-bond acceptors (Lipinski definition) is 2. The van der Waals surface area contributed by atoms with Crippen molar-refractivity contribution in [3.05, 3.63) is 35.9 Å². The number of nitrogens with one attached hydrogen (secondary N) is 3. The van der Waals surface area contributed by atoms with Gasteiger partial charge in [0.2, 0.25) is 5.91 Å². The third kappa shape index (κ3) is 6.60. The van der Waals surface area contributed by atoms with Gasteiger partial charge in [-0.2, -0.15) is 0 Å². The van der Waals surface area contributed by atoms with Crippen molar-refractivity contribution >= 4 is 11.9 Å². The van der Waals surface area contributed by atoms with Gasteiger partial charge in [0.25, 0.3) is 0 Å². The van der Waals surface area contributed by atoms with E-state index in [-0.39, 0.29) is 17.9 Å². The Morgan fingerprint density at radius 1 is 1.08 bits per heavy atom. The molecule has 3 amide bonds. The highest BCUT2D eigenvalue weighted by Crippen LogP contribution is 2.17. The molecule has 0 aromatic heterocycles. The molecule has 1 aliphatic rings. The van der Waals surface area contributed by atoms with Crippen LogP contribution in [0.25, 0.3) is 0 Å². The topological polar surface area (TPSA) is 70.2 Å². The summed E-state index contributed by atoms with van der Waals surface area (Å²) in [4.78, 5) is 23.7. The Morgan fingerprint density at radius 3 is 2.50 bits per heavy atom. The number of urea groups is 1. The molecule has 132 valence electrons. The van der Waals surface area contributed by atoms with Crippen molar-refractivity contribution in [1.29, 1.82) is 0 Å². The number of amides is 3. The number of carbonyl (C=O) groups excluding carboxylic acids is 2. The van der Waals surface area contributed by atoms with Gasteiger partial charge in [-0.3, -0.25) is 4.79 Å². The first-order chi connectivity index (χ1) is 11.6. The number of benzene rings is 1. The van der Waals surface area contributed by atoms with Crippen LogP contribution in [0.15, 0.2) is 30.3 Å². The van der Waals surface area contributed by atoms with Gasteiger partial charge in [0.05, 0.1) is 0 Å². The maximum atomic E-state index is 11.9. The summed E-state index contributed by atoms with van der Waals surface area (Å²) in [6.45, 7) is 3.06. The molecule has 1 atom stereocenters. The second-order valence-electron chi connectivity index (χ2n) is 6.60. The standard InChI is InChI=1S/C19H29N3O2/c1-15(16-8-4-2-5-9-16)14-21-18(23)12-13-20-19(24)22-17-10-6-3-7-11-17/h2,4-5,8-9,15,17H,3,6-7,10-14H2,1H3,(H,21,23)(H2,20,22,24). The van der Waals surface area contributed by atoms with Crippen molar-refractivity contribution in [2.75, 3.05) is 13.1 Å². The lowest BCUT2D eigenvalue weighted by Gasteiger charge is -2.22. The Bertz CT molecular complexity index is 513. The highest BCUT2D eigenvalue weighted by atomic mass is 16.2. The summed E-state index contributed by atoms with van der Waals surface area (Å²) < 4.78 is 0. The van der Waals surface area contributed by atoms with Crippen molar-refractivity contribution in [2.45, 2.75) is 57.4 Å². The van der Waals surface area contributed by atoms with Gasteiger partial charge in [0, 0.05) is 25.6 Å². The maximum absolute atomic E-state index is 11.9. The predicted molar refractivity (Wildman–Crippen MR) is 95.9 cm³/mol. The lowest BCUT2D eigenvalue weighted by molar-refractivity contribution is -0.121. The van der Waals surface area contributed by atoms with Gasteiger partial charge in [-0.05, 0) is 24.3 Å². The van der Waals surface area contributed by atoms with Gasteiger partial charge in [-0.25, -0.2) is 4.79 Å². The molecular weight excluding hydrogens is 302 g/mol.